The normalized spacial score (nSPS) is 9.57. The highest BCUT2D eigenvalue weighted by atomic mass is 16.5. The number of rotatable bonds is 4. The standard InChI is InChI=1S/C11H12O2.C7H6O/c1-2-13-11(12)9-8-10-6-4-3-5-7-10;8-6-7-4-2-1-3-5-7/h3-9H,2H2,1H3;1-6H/b9-8+;. The molecule has 0 spiro atoms. The van der Waals surface area contributed by atoms with Crippen LogP contribution in [0, 0.1) is 0 Å². The molecular formula is C18H18O3. The van der Waals surface area contributed by atoms with Crippen LogP contribution in [0.1, 0.15) is 22.8 Å². The van der Waals surface area contributed by atoms with Crippen molar-refractivity contribution in [2.45, 2.75) is 6.92 Å². The smallest absolute Gasteiger partial charge is 0.330 e. The van der Waals surface area contributed by atoms with E-state index < -0.39 is 0 Å². The van der Waals surface area contributed by atoms with Crippen LogP contribution < -0.4 is 0 Å². The molecule has 2 aromatic carbocycles. The fourth-order valence-corrected chi connectivity index (χ4v) is 1.45. The lowest BCUT2D eigenvalue weighted by Gasteiger charge is -1.94. The molecule has 0 amide bonds. The van der Waals surface area contributed by atoms with Crippen molar-refractivity contribution >= 4 is 18.3 Å². The van der Waals surface area contributed by atoms with Gasteiger partial charge in [-0.1, -0.05) is 60.7 Å². The summed E-state index contributed by atoms with van der Waals surface area (Å²) in [5, 5.41) is 0. The number of benzene rings is 2. The maximum atomic E-state index is 10.9. The average molecular weight is 282 g/mol. The molecule has 0 aliphatic rings. The summed E-state index contributed by atoms with van der Waals surface area (Å²) in [7, 11) is 0. The lowest BCUT2D eigenvalue weighted by Crippen LogP contribution is -1.98. The van der Waals surface area contributed by atoms with Crippen LogP contribution >= 0.6 is 0 Å². The summed E-state index contributed by atoms with van der Waals surface area (Å²) < 4.78 is 4.74. The minimum Gasteiger partial charge on any atom is -0.463 e. The Bertz CT molecular complexity index is 560. The second-order valence-corrected chi connectivity index (χ2v) is 4.02. The van der Waals surface area contributed by atoms with E-state index in [9.17, 15) is 9.59 Å². The molecule has 108 valence electrons. The van der Waals surface area contributed by atoms with Gasteiger partial charge in [0.1, 0.15) is 6.29 Å². The largest absolute Gasteiger partial charge is 0.463 e. The SMILES string of the molecule is CCOC(=O)/C=C/c1ccccc1.O=Cc1ccccc1. The molecule has 0 aromatic heterocycles. The Morgan fingerprint density at radius 1 is 0.952 bits per heavy atom. The summed E-state index contributed by atoms with van der Waals surface area (Å²) in [6.07, 6.45) is 4.00. The number of ether oxygens (including phenoxy) is 1. The first kappa shape index (κ1) is 16.4. The fraction of sp³-hybridized carbons (Fsp3) is 0.111. The van der Waals surface area contributed by atoms with E-state index in [1.165, 1.54) is 6.08 Å². The van der Waals surface area contributed by atoms with Gasteiger partial charge in [0, 0.05) is 11.6 Å². The van der Waals surface area contributed by atoms with Crippen molar-refractivity contribution < 1.29 is 14.3 Å². The molecule has 21 heavy (non-hydrogen) atoms. The highest BCUT2D eigenvalue weighted by molar-refractivity contribution is 5.86. The number of hydrogen-bond acceptors (Lipinski definition) is 3. The van der Waals surface area contributed by atoms with Crippen molar-refractivity contribution in [3.63, 3.8) is 0 Å². The molecule has 0 N–H and O–H groups in total. The van der Waals surface area contributed by atoms with Gasteiger partial charge in [0.15, 0.2) is 0 Å². The molecule has 3 heteroatoms. The molecule has 2 aromatic rings. The van der Waals surface area contributed by atoms with Gasteiger partial charge >= 0.3 is 5.97 Å². The Hall–Kier alpha value is -2.68. The second kappa shape index (κ2) is 10.1. The van der Waals surface area contributed by atoms with Crippen molar-refractivity contribution in [1.29, 1.82) is 0 Å². The van der Waals surface area contributed by atoms with Crippen molar-refractivity contribution in [2.24, 2.45) is 0 Å². The Morgan fingerprint density at radius 3 is 1.90 bits per heavy atom. The van der Waals surface area contributed by atoms with Gasteiger partial charge in [0.25, 0.3) is 0 Å². The lowest BCUT2D eigenvalue weighted by atomic mass is 10.2. The summed E-state index contributed by atoms with van der Waals surface area (Å²) >= 11 is 0. The topological polar surface area (TPSA) is 43.4 Å². The first-order valence-electron chi connectivity index (χ1n) is 6.66. The van der Waals surface area contributed by atoms with E-state index in [0.717, 1.165) is 17.4 Å². The van der Waals surface area contributed by atoms with Gasteiger partial charge < -0.3 is 4.74 Å². The van der Waals surface area contributed by atoms with Crippen molar-refractivity contribution in [1.82, 2.24) is 0 Å². The minimum absolute atomic E-state index is 0.300. The summed E-state index contributed by atoms with van der Waals surface area (Å²) in [5.41, 5.74) is 1.73. The van der Waals surface area contributed by atoms with Crippen molar-refractivity contribution in [2.75, 3.05) is 6.61 Å². The molecule has 0 fully saturated rings. The zero-order valence-electron chi connectivity index (χ0n) is 11.9. The average Bonchev–Trinajstić information content (AvgIpc) is 2.55. The molecule has 0 saturated carbocycles. The van der Waals surface area contributed by atoms with E-state index in [1.54, 1.807) is 25.1 Å². The summed E-state index contributed by atoms with van der Waals surface area (Å²) in [6.45, 7) is 2.20. The van der Waals surface area contributed by atoms with E-state index in [2.05, 4.69) is 0 Å². The number of hydrogen-bond donors (Lipinski definition) is 0. The van der Waals surface area contributed by atoms with Crippen LogP contribution in [0.2, 0.25) is 0 Å². The molecule has 0 heterocycles. The first-order valence-corrected chi connectivity index (χ1v) is 6.66. The van der Waals surface area contributed by atoms with E-state index in [0.29, 0.717) is 6.61 Å². The van der Waals surface area contributed by atoms with Gasteiger partial charge in [-0.05, 0) is 18.6 Å². The second-order valence-electron chi connectivity index (χ2n) is 4.02. The molecule has 0 unspecified atom stereocenters. The zero-order valence-corrected chi connectivity index (χ0v) is 11.9. The first-order chi connectivity index (χ1) is 10.3. The van der Waals surface area contributed by atoms with Crippen LogP contribution in [0.4, 0.5) is 0 Å². The zero-order chi connectivity index (χ0) is 15.3. The molecule has 0 aliphatic carbocycles. The number of esters is 1. The highest BCUT2D eigenvalue weighted by Crippen LogP contribution is 2.00. The van der Waals surface area contributed by atoms with Crippen LogP contribution in [-0.2, 0) is 9.53 Å². The van der Waals surface area contributed by atoms with Gasteiger partial charge in [0.2, 0.25) is 0 Å². The van der Waals surface area contributed by atoms with Crippen LogP contribution in [0.15, 0.2) is 66.7 Å². The number of carbonyl (C=O) groups excluding carboxylic acids is 2. The molecule has 2 rings (SSSR count). The van der Waals surface area contributed by atoms with E-state index >= 15 is 0 Å². The van der Waals surface area contributed by atoms with E-state index in [-0.39, 0.29) is 5.97 Å². The summed E-state index contributed by atoms with van der Waals surface area (Å²) in [6, 6.07) is 18.7. The van der Waals surface area contributed by atoms with Crippen molar-refractivity contribution in [3.8, 4) is 0 Å². The maximum absolute atomic E-state index is 10.9. The van der Waals surface area contributed by atoms with E-state index in [4.69, 9.17) is 4.74 Å². The van der Waals surface area contributed by atoms with Gasteiger partial charge in [-0.3, -0.25) is 4.79 Å². The number of aldehydes is 1. The fourth-order valence-electron chi connectivity index (χ4n) is 1.45. The third-order valence-corrected chi connectivity index (χ3v) is 2.43. The predicted octanol–water partition coefficient (Wildman–Crippen LogP) is 3.76. The molecule has 0 aliphatic heterocycles. The van der Waals surface area contributed by atoms with Crippen LogP contribution in [0.5, 0.6) is 0 Å². The predicted molar refractivity (Wildman–Crippen MR) is 83.9 cm³/mol. The van der Waals surface area contributed by atoms with Crippen LogP contribution in [-0.4, -0.2) is 18.9 Å². The maximum Gasteiger partial charge on any atom is 0.330 e. The summed E-state index contributed by atoms with van der Waals surface area (Å²) in [5.74, 6) is -0.300. The van der Waals surface area contributed by atoms with Crippen LogP contribution in [0.3, 0.4) is 0 Å². The molecule has 0 radical (unpaired) electrons. The molecule has 0 saturated heterocycles. The molecule has 3 nitrogen and oxygen atoms in total. The Balaban J connectivity index is 0.000000235. The number of carbonyl (C=O) groups is 2. The Kier molecular flexibility index (Phi) is 7.91. The minimum atomic E-state index is -0.300. The Morgan fingerprint density at radius 2 is 1.48 bits per heavy atom. The van der Waals surface area contributed by atoms with Crippen molar-refractivity contribution in [3.05, 3.63) is 77.9 Å². The highest BCUT2D eigenvalue weighted by Gasteiger charge is 1.92. The van der Waals surface area contributed by atoms with Gasteiger partial charge in [-0.15, -0.1) is 0 Å². The van der Waals surface area contributed by atoms with Gasteiger partial charge in [0.05, 0.1) is 6.61 Å². The van der Waals surface area contributed by atoms with Crippen LogP contribution in [0.25, 0.3) is 6.08 Å². The lowest BCUT2D eigenvalue weighted by molar-refractivity contribution is -0.137. The third-order valence-electron chi connectivity index (χ3n) is 2.43. The Labute approximate surface area is 124 Å². The molecule has 0 atom stereocenters. The molecular weight excluding hydrogens is 264 g/mol. The van der Waals surface area contributed by atoms with E-state index in [1.807, 2.05) is 48.5 Å². The quantitative estimate of drug-likeness (QED) is 0.487. The van der Waals surface area contributed by atoms with Gasteiger partial charge in [-0.25, -0.2) is 4.79 Å². The third kappa shape index (κ3) is 7.47. The molecule has 0 bridgehead atoms. The summed E-state index contributed by atoms with van der Waals surface area (Å²) in [4.78, 5) is 20.9. The van der Waals surface area contributed by atoms with Gasteiger partial charge in [-0.2, -0.15) is 0 Å². The monoisotopic (exact) mass is 282 g/mol.